The Bertz CT molecular complexity index is 1580. The highest BCUT2D eigenvalue weighted by Crippen LogP contribution is 2.24. The second kappa shape index (κ2) is 10.4. The average molecular weight is 534 g/mol. The Balaban J connectivity index is 1.32. The number of aromatic nitrogens is 2. The predicted octanol–water partition coefficient (Wildman–Crippen LogP) is 2.95. The van der Waals surface area contributed by atoms with Gasteiger partial charge in [-0.3, -0.25) is 19.0 Å². The van der Waals surface area contributed by atoms with E-state index in [2.05, 4.69) is 15.6 Å². The number of benzene rings is 2. The number of halogens is 1. The minimum Gasteiger partial charge on any atom is -0.453 e. The number of ether oxygens (including phenoxy) is 1. The van der Waals surface area contributed by atoms with E-state index in [1.807, 2.05) is 0 Å². The lowest BCUT2D eigenvalue weighted by Gasteiger charge is -2.21. The minimum absolute atomic E-state index is 0.159. The van der Waals surface area contributed by atoms with Crippen LogP contribution in [0.25, 0.3) is 16.6 Å². The first-order valence-electron chi connectivity index (χ1n) is 11.8. The lowest BCUT2D eigenvalue weighted by molar-refractivity contribution is 0.0897. The summed E-state index contributed by atoms with van der Waals surface area (Å²) in [5, 5.41) is 7.21. The standard InChI is InChI=1S/C27H24ClN5O5/c1-38-27(37)32-14-22(23(15-32)31-26(36)17-7-10-19-20(28)13-29-21(19)12-17)30-25(35)16-5-8-18(9-6-16)33-11-3-2-4-24(33)34/h2-13,22-23,29H,14-15H2,1H3,(H,30,35)(H,31,36)/t22-,23+/m0/s1. The SMILES string of the molecule is COC(=O)N1C[C@H](NC(=O)c2ccc(-n3ccccc3=O)cc2)[C@H](NC(=O)c2ccc3c(Cl)c[nH]c3c2)C1. The molecule has 2 aromatic carbocycles. The fourth-order valence-electron chi connectivity index (χ4n) is 4.52. The summed E-state index contributed by atoms with van der Waals surface area (Å²) in [5.74, 6) is -0.735. The number of amides is 3. The molecule has 0 spiro atoms. The zero-order valence-corrected chi connectivity index (χ0v) is 21.1. The number of fused-ring (bicyclic) bond motifs is 1. The highest BCUT2D eigenvalue weighted by Gasteiger charge is 2.38. The van der Waals surface area contributed by atoms with E-state index in [0.29, 0.717) is 21.8 Å². The number of methoxy groups -OCH3 is 1. The highest BCUT2D eigenvalue weighted by atomic mass is 35.5. The molecule has 38 heavy (non-hydrogen) atoms. The molecule has 0 bridgehead atoms. The second-order valence-electron chi connectivity index (χ2n) is 8.89. The van der Waals surface area contributed by atoms with Gasteiger partial charge in [-0.05, 0) is 42.5 Å². The molecular weight excluding hydrogens is 510 g/mol. The first kappa shape index (κ1) is 25.1. The van der Waals surface area contributed by atoms with Gasteiger partial charge in [-0.2, -0.15) is 0 Å². The molecule has 11 heteroatoms. The van der Waals surface area contributed by atoms with Gasteiger partial charge >= 0.3 is 6.09 Å². The number of aromatic amines is 1. The fraction of sp³-hybridized carbons (Fsp3) is 0.185. The molecule has 0 unspecified atom stereocenters. The van der Waals surface area contributed by atoms with Crippen LogP contribution < -0.4 is 16.2 Å². The van der Waals surface area contributed by atoms with Crippen LogP contribution in [0.1, 0.15) is 20.7 Å². The summed E-state index contributed by atoms with van der Waals surface area (Å²) in [6, 6.07) is 15.4. The largest absolute Gasteiger partial charge is 0.453 e. The van der Waals surface area contributed by atoms with Crippen LogP contribution in [0.5, 0.6) is 0 Å². The zero-order chi connectivity index (χ0) is 26.8. The Hall–Kier alpha value is -4.57. The maximum Gasteiger partial charge on any atom is 0.409 e. The van der Waals surface area contributed by atoms with Gasteiger partial charge in [-0.25, -0.2) is 4.79 Å². The van der Waals surface area contributed by atoms with Gasteiger partial charge in [-0.1, -0.05) is 23.7 Å². The molecule has 0 saturated carbocycles. The van der Waals surface area contributed by atoms with Crippen molar-refractivity contribution in [2.75, 3.05) is 20.2 Å². The van der Waals surface area contributed by atoms with Crippen molar-refractivity contribution in [2.45, 2.75) is 12.1 Å². The molecule has 3 N–H and O–H groups in total. The summed E-state index contributed by atoms with van der Waals surface area (Å²) in [6.07, 6.45) is 2.74. The molecule has 3 amide bonds. The number of carbonyl (C=O) groups excluding carboxylic acids is 3. The number of hydrogen-bond acceptors (Lipinski definition) is 5. The van der Waals surface area contributed by atoms with Crippen molar-refractivity contribution >= 4 is 40.4 Å². The third-order valence-electron chi connectivity index (χ3n) is 6.51. The number of likely N-dealkylation sites (tertiary alicyclic amines) is 1. The summed E-state index contributed by atoms with van der Waals surface area (Å²) in [7, 11) is 1.28. The smallest absolute Gasteiger partial charge is 0.409 e. The summed E-state index contributed by atoms with van der Waals surface area (Å²) in [4.78, 5) is 54.8. The predicted molar refractivity (Wildman–Crippen MR) is 142 cm³/mol. The number of pyridine rings is 1. The van der Waals surface area contributed by atoms with Crippen molar-refractivity contribution in [1.82, 2.24) is 25.1 Å². The van der Waals surface area contributed by atoms with Crippen LogP contribution in [0, 0.1) is 0 Å². The van der Waals surface area contributed by atoms with Crippen LogP contribution in [0.15, 0.2) is 77.9 Å². The lowest BCUT2D eigenvalue weighted by atomic mass is 10.1. The molecule has 1 saturated heterocycles. The molecule has 2 aromatic heterocycles. The van der Waals surface area contributed by atoms with Gasteiger partial charge in [0, 0.05) is 59.3 Å². The van der Waals surface area contributed by atoms with E-state index in [-0.39, 0.29) is 30.5 Å². The van der Waals surface area contributed by atoms with Crippen LogP contribution in [-0.4, -0.2) is 64.6 Å². The molecular formula is C27H24ClN5O5. The van der Waals surface area contributed by atoms with Crippen molar-refractivity contribution in [1.29, 1.82) is 0 Å². The van der Waals surface area contributed by atoms with Crippen molar-refractivity contribution in [3.8, 4) is 5.69 Å². The van der Waals surface area contributed by atoms with Gasteiger partial charge in [-0.15, -0.1) is 0 Å². The molecule has 4 aromatic rings. The summed E-state index contributed by atoms with van der Waals surface area (Å²) >= 11 is 6.13. The number of H-pyrrole nitrogens is 1. The molecule has 0 radical (unpaired) electrons. The third kappa shape index (κ3) is 4.98. The van der Waals surface area contributed by atoms with Crippen LogP contribution in [0.4, 0.5) is 4.79 Å². The molecule has 2 atom stereocenters. The van der Waals surface area contributed by atoms with Crippen LogP contribution in [-0.2, 0) is 4.74 Å². The Kier molecular flexibility index (Phi) is 6.89. The molecule has 5 rings (SSSR count). The maximum absolute atomic E-state index is 13.1. The van der Waals surface area contributed by atoms with E-state index in [9.17, 15) is 19.2 Å². The zero-order valence-electron chi connectivity index (χ0n) is 20.3. The van der Waals surface area contributed by atoms with E-state index in [1.165, 1.54) is 22.6 Å². The highest BCUT2D eigenvalue weighted by molar-refractivity contribution is 6.35. The number of nitrogens with zero attached hydrogens (tertiary/aromatic N) is 2. The average Bonchev–Trinajstić information content (AvgIpc) is 3.51. The Morgan fingerprint density at radius 2 is 1.61 bits per heavy atom. The molecule has 1 aliphatic rings. The fourth-order valence-corrected chi connectivity index (χ4v) is 4.74. The van der Waals surface area contributed by atoms with E-state index in [4.69, 9.17) is 16.3 Å². The van der Waals surface area contributed by atoms with Crippen LogP contribution in [0.3, 0.4) is 0 Å². The molecule has 10 nitrogen and oxygen atoms in total. The van der Waals surface area contributed by atoms with Crippen LogP contribution >= 0.6 is 11.6 Å². The van der Waals surface area contributed by atoms with Gasteiger partial charge in [0.05, 0.1) is 24.2 Å². The quantitative estimate of drug-likeness (QED) is 0.364. The summed E-state index contributed by atoms with van der Waals surface area (Å²) in [6.45, 7) is 0.321. The number of nitrogens with one attached hydrogen (secondary N) is 3. The van der Waals surface area contributed by atoms with E-state index in [0.717, 1.165) is 10.9 Å². The van der Waals surface area contributed by atoms with E-state index >= 15 is 0 Å². The van der Waals surface area contributed by atoms with Gasteiger partial charge in [0.25, 0.3) is 17.4 Å². The molecule has 3 heterocycles. The first-order chi connectivity index (χ1) is 18.3. The minimum atomic E-state index is -0.564. The molecule has 1 aliphatic heterocycles. The van der Waals surface area contributed by atoms with Crippen molar-refractivity contribution in [3.63, 3.8) is 0 Å². The number of rotatable bonds is 5. The number of hydrogen-bond donors (Lipinski definition) is 3. The number of carbonyl (C=O) groups is 3. The second-order valence-corrected chi connectivity index (χ2v) is 9.29. The van der Waals surface area contributed by atoms with Gasteiger partial charge < -0.3 is 25.3 Å². The monoisotopic (exact) mass is 533 g/mol. The Morgan fingerprint density at radius 1 is 0.947 bits per heavy atom. The topological polar surface area (TPSA) is 126 Å². The summed E-state index contributed by atoms with van der Waals surface area (Å²) < 4.78 is 6.31. The molecule has 0 aliphatic carbocycles. The van der Waals surface area contributed by atoms with Crippen molar-refractivity contribution in [2.24, 2.45) is 0 Å². The first-order valence-corrected chi connectivity index (χ1v) is 12.2. The van der Waals surface area contributed by atoms with Crippen molar-refractivity contribution < 1.29 is 19.1 Å². The third-order valence-corrected chi connectivity index (χ3v) is 6.82. The molecule has 194 valence electrons. The Morgan fingerprint density at radius 3 is 2.26 bits per heavy atom. The summed E-state index contributed by atoms with van der Waals surface area (Å²) in [5.41, 5.74) is 1.93. The van der Waals surface area contributed by atoms with Gasteiger partial charge in [0.15, 0.2) is 0 Å². The van der Waals surface area contributed by atoms with E-state index in [1.54, 1.807) is 67.0 Å². The van der Waals surface area contributed by atoms with Gasteiger partial charge in [0.1, 0.15) is 0 Å². The van der Waals surface area contributed by atoms with Crippen molar-refractivity contribution in [3.05, 3.63) is 99.6 Å². The van der Waals surface area contributed by atoms with Crippen LogP contribution in [0.2, 0.25) is 5.02 Å². The molecule has 1 fully saturated rings. The Labute approximate surface area is 222 Å². The lowest BCUT2D eigenvalue weighted by Crippen LogP contribution is -2.51. The normalized spacial score (nSPS) is 16.8. The maximum atomic E-state index is 13.1. The van der Waals surface area contributed by atoms with E-state index < -0.39 is 18.2 Å². The van der Waals surface area contributed by atoms with Gasteiger partial charge in [0.2, 0.25) is 0 Å².